The van der Waals surface area contributed by atoms with Crippen LogP contribution in [-0.2, 0) is 16.1 Å². The maximum Gasteiger partial charge on any atom is 0.322 e. The first-order valence-electron chi connectivity index (χ1n) is 13.7. The number of carbonyl (C=O) groups excluding carboxylic acids is 3. The van der Waals surface area contributed by atoms with Gasteiger partial charge in [-0.2, -0.15) is 5.26 Å². The van der Waals surface area contributed by atoms with E-state index < -0.39 is 5.25 Å². The predicted octanol–water partition coefficient (Wildman–Crippen LogP) is 4.98. The molecule has 2 unspecified atom stereocenters. The third-order valence-electron chi connectivity index (χ3n) is 7.91. The van der Waals surface area contributed by atoms with Crippen molar-refractivity contribution in [1.29, 1.82) is 5.26 Å². The van der Waals surface area contributed by atoms with Crippen molar-refractivity contribution in [2.24, 2.45) is 5.92 Å². The average molecular weight is 546 g/mol. The Morgan fingerprint density at radius 2 is 1.82 bits per heavy atom. The number of nitrogens with one attached hydrogen (secondary N) is 1. The average Bonchev–Trinajstić information content (AvgIpc) is 3.25. The number of para-hydroxylation sites is 1. The van der Waals surface area contributed by atoms with Gasteiger partial charge in [0.25, 0.3) is 0 Å². The zero-order valence-corrected chi connectivity index (χ0v) is 23.3. The summed E-state index contributed by atoms with van der Waals surface area (Å²) in [7, 11) is 0. The van der Waals surface area contributed by atoms with Crippen LogP contribution in [0.3, 0.4) is 0 Å². The molecule has 3 heterocycles. The Balaban J connectivity index is 1.21. The molecular weight excluding hydrogens is 510 g/mol. The van der Waals surface area contributed by atoms with E-state index in [2.05, 4.69) is 25.2 Å². The molecule has 39 heavy (non-hydrogen) atoms. The monoisotopic (exact) mass is 545 g/mol. The number of rotatable bonds is 7. The van der Waals surface area contributed by atoms with E-state index in [4.69, 9.17) is 0 Å². The summed E-state index contributed by atoms with van der Waals surface area (Å²) in [6, 6.07) is 17.5. The second kappa shape index (κ2) is 11.7. The molecule has 9 heteroatoms. The second-order valence-electron chi connectivity index (χ2n) is 10.9. The van der Waals surface area contributed by atoms with Gasteiger partial charge in [0.2, 0.25) is 11.8 Å². The first-order valence-corrected chi connectivity index (χ1v) is 14.7. The molecule has 2 aromatic carbocycles. The molecule has 3 aliphatic rings. The van der Waals surface area contributed by atoms with Crippen molar-refractivity contribution in [2.75, 3.05) is 25.0 Å². The topological polar surface area (TPSA) is 96.8 Å². The summed E-state index contributed by atoms with van der Waals surface area (Å²) in [6.45, 7) is 6.57. The van der Waals surface area contributed by atoms with E-state index in [0.29, 0.717) is 50.5 Å². The largest absolute Gasteiger partial charge is 0.342 e. The molecule has 0 bridgehead atoms. The number of carbonyl (C=O) groups is 3. The molecule has 4 amide bonds. The van der Waals surface area contributed by atoms with Crippen LogP contribution in [0.1, 0.15) is 61.6 Å². The number of piperidine rings is 1. The second-order valence-corrected chi connectivity index (χ2v) is 12.2. The summed E-state index contributed by atoms with van der Waals surface area (Å²) in [5, 5.41) is 11.9. The van der Waals surface area contributed by atoms with Gasteiger partial charge >= 0.3 is 6.03 Å². The molecule has 0 radical (unpaired) electrons. The van der Waals surface area contributed by atoms with Gasteiger partial charge in [0.1, 0.15) is 5.37 Å². The molecule has 8 nitrogen and oxygen atoms in total. The third-order valence-corrected chi connectivity index (χ3v) is 9.37. The SMILES string of the molecule is CC(C)CCN1C(=O)C(CC(=O)N2CCC(N3Cc4ccccc4NC3=O)CC2)SC1c1ccccc1C#N. The first kappa shape index (κ1) is 27.1. The van der Waals surface area contributed by atoms with Crippen LogP contribution in [0.25, 0.3) is 0 Å². The van der Waals surface area contributed by atoms with Crippen molar-refractivity contribution in [3.05, 3.63) is 65.2 Å². The predicted molar refractivity (Wildman–Crippen MR) is 152 cm³/mol. The molecule has 0 aromatic heterocycles. The van der Waals surface area contributed by atoms with Gasteiger partial charge in [0.05, 0.1) is 16.9 Å². The van der Waals surface area contributed by atoms with Crippen LogP contribution in [0, 0.1) is 17.2 Å². The molecule has 2 saturated heterocycles. The fourth-order valence-electron chi connectivity index (χ4n) is 5.64. The molecule has 204 valence electrons. The number of likely N-dealkylation sites (tertiary alicyclic amines) is 1. The lowest BCUT2D eigenvalue weighted by molar-refractivity contribution is -0.137. The molecule has 0 saturated carbocycles. The third kappa shape index (κ3) is 5.76. The molecule has 0 aliphatic carbocycles. The van der Waals surface area contributed by atoms with E-state index in [-0.39, 0.29) is 35.7 Å². The Labute approximate surface area is 234 Å². The van der Waals surface area contributed by atoms with Gasteiger partial charge < -0.3 is 20.0 Å². The molecule has 0 spiro atoms. The summed E-state index contributed by atoms with van der Waals surface area (Å²) in [5.41, 5.74) is 3.36. The van der Waals surface area contributed by atoms with Crippen LogP contribution in [0.2, 0.25) is 0 Å². The minimum absolute atomic E-state index is 0.0224. The Morgan fingerprint density at radius 1 is 1.10 bits per heavy atom. The van der Waals surface area contributed by atoms with Crippen molar-refractivity contribution in [3.63, 3.8) is 0 Å². The summed E-state index contributed by atoms with van der Waals surface area (Å²) in [4.78, 5) is 45.2. The van der Waals surface area contributed by atoms with Gasteiger partial charge in [-0.1, -0.05) is 50.2 Å². The first-order chi connectivity index (χ1) is 18.9. The molecule has 3 aliphatic heterocycles. The molecule has 5 rings (SSSR count). The van der Waals surface area contributed by atoms with Crippen LogP contribution >= 0.6 is 11.8 Å². The van der Waals surface area contributed by atoms with Crippen LogP contribution in [0.15, 0.2) is 48.5 Å². The van der Waals surface area contributed by atoms with E-state index in [1.807, 2.05) is 57.2 Å². The van der Waals surface area contributed by atoms with Crippen LogP contribution < -0.4 is 5.32 Å². The zero-order valence-electron chi connectivity index (χ0n) is 22.5. The van der Waals surface area contributed by atoms with E-state index in [9.17, 15) is 19.6 Å². The lowest BCUT2D eigenvalue weighted by Crippen LogP contribution is -2.51. The quantitative estimate of drug-likeness (QED) is 0.530. The molecule has 2 fully saturated rings. The minimum Gasteiger partial charge on any atom is -0.342 e. The number of anilines is 1. The highest BCUT2D eigenvalue weighted by Gasteiger charge is 2.43. The molecule has 2 atom stereocenters. The number of benzene rings is 2. The summed E-state index contributed by atoms with van der Waals surface area (Å²) in [6.07, 6.45) is 2.44. The van der Waals surface area contributed by atoms with E-state index in [0.717, 1.165) is 23.2 Å². The number of nitriles is 1. The number of hydrogen-bond donors (Lipinski definition) is 1. The number of fused-ring (bicyclic) bond motifs is 1. The van der Waals surface area contributed by atoms with Crippen LogP contribution in [-0.4, -0.2) is 63.5 Å². The number of hydrogen-bond acceptors (Lipinski definition) is 5. The number of thioether (sulfide) groups is 1. The Kier molecular flexibility index (Phi) is 8.12. The van der Waals surface area contributed by atoms with Gasteiger partial charge in [0, 0.05) is 49.9 Å². The van der Waals surface area contributed by atoms with Crippen LogP contribution in [0.5, 0.6) is 0 Å². The van der Waals surface area contributed by atoms with E-state index >= 15 is 0 Å². The maximum atomic E-state index is 13.5. The Hall–Kier alpha value is -3.51. The highest BCUT2D eigenvalue weighted by Crippen LogP contribution is 2.45. The smallest absolute Gasteiger partial charge is 0.322 e. The summed E-state index contributed by atoms with van der Waals surface area (Å²) < 4.78 is 0. The van der Waals surface area contributed by atoms with Gasteiger partial charge in [0.15, 0.2) is 0 Å². The highest BCUT2D eigenvalue weighted by atomic mass is 32.2. The Morgan fingerprint density at radius 3 is 2.56 bits per heavy atom. The normalized spacial score (nSPS) is 21.6. The number of urea groups is 1. The standard InChI is InChI=1S/C30H35N5O3S/c1-20(2)11-16-34-28(37)26(39-29(34)24-9-5-3-7-21(24)18-31)17-27(36)33-14-12-23(13-15-33)35-19-22-8-4-6-10-25(22)32-30(35)38/h3-10,20,23,26,29H,11-17,19H2,1-2H3,(H,32,38). The highest BCUT2D eigenvalue weighted by molar-refractivity contribution is 8.01. The van der Waals surface area contributed by atoms with Gasteiger partial charge in [-0.15, -0.1) is 11.8 Å². The minimum atomic E-state index is -0.469. The van der Waals surface area contributed by atoms with Crippen molar-refractivity contribution < 1.29 is 14.4 Å². The maximum absolute atomic E-state index is 13.5. The lowest BCUT2D eigenvalue weighted by atomic mass is 10.0. The summed E-state index contributed by atoms with van der Waals surface area (Å²) in [5.74, 6) is 0.392. The van der Waals surface area contributed by atoms with Gasteiger partial charge in [-0.05, 0) is 42.9 Å². The van der Waals surface area contributed by atoms with Crippen molar-refractivity contribution >= 4 is 35.3 Å². The fourth-order valence-corrected chi connectivity index (χ4v) is 7.15. The van der Waals surface area contributed by atoms with Crippen molar-refractivity contribution in [1.82, 2.24) is 14.7 Å². The van der Waals surface area contributed by atoms with Gasteiger partial charge in [-0.3, -0.25) is 9.59 Å². The van der Waals surface area contributed by atoms with Gasteiger partial charge in [-0.25, -0.2) is 4.79 Å². The van der Waals surface area contributed by atoms with Crippen molar-refractivity contribution in [2.45, 2.75) is 62.7 Å². The van der Waals surface area contributed by atoms with Crippen LogP contribution in [0.4, 0.5) is 10.5 Å². The van der Waals surface area contributed by atoms with E-state index in [1.54, 1.807) is 6.07 Å². The van der Waals surface area contributed by atoms with Crippen molar-refractivity contribution in [3.8, 4) is 6.07 Å². The fraction of sp³-hybridized carbons (Fsp3) is 0.467. The molecule has 1 N–H and O–H groups in total. The zero-order chi connectivity index (χ0) is 27.5. The Bertz CT molecular complexity index is 1280. The summed E-state index contributed by atoms with van der Waals surface area (Å²) >= 11 is 1.49. The molecular formula is C30H35N5O3S. The lowest BCUT2D eigenvalue weighted by Gasteiger charge is -2.40. The number of amides is 4. The van der Waals surface area contributed by atoms with E-state index in [1.165, 1.54) is 11.8 Å². The number of nitrogens with zero attached hydrogens (tertiary/aromatic N) is 4. The molecule has 2 aromatic rings.